The third-order valence-corrected chi connectivity index (χ3v) is 6.06. The highest BCUT2D eigenvalue weighted by Gasteiger charge is 2.21. The van der Waals surface area contributed by atoms with E-state index in [4.69, 9.17) is 4.74 Å². The average Bonchev–Trinajstić information content (AvgIpc) is 2.47. The number of hydrogen-bond acceptors (Lipinski definition) is 3. The molecule has 6 heteroatoms. The summed E-state index contributed by atoms with van der Waals surface area (Å²) in [5.74, 6) is 1.09. The lowest BCUT2D eigenvalue weighted by molar-refractivity contribution is 0.366. The standard InChI is InChI=1S/C14H20BrNO3S/c1-19-13-6-8-14(9-7-13)20(17,18)16-10-11-2-4-12(15)5-3-11/h6-9,11-12,16H,2-5,10H2,1H3. The van der Waals surface area contributed by atoms with Crippen LogP contribution in [-0.2, 0) is 10.0 Å². The number of ether oxygens (including phenoxy) is 1. The summed E-state index contributed by atoms with van der Waals surface area (Å²) in [6.07, 6.45) is 4.38. The van der Waals surface area contributed by atoms with Gasteiger partial charge in [-0.3, -0.25) is 0 Å². The monoisotopic (exact) mass is 361 g/mol. The first-order chi connectivity index (χ1) is 9.51. The van der Waals surface area contributed by atoms with Gasteiger partial charge in [-0.1, -0.05) is 15.9 Å². The topological polar surface area (TPSA) is 55.4 Å². The number of nitrogens with one attached hydrogen (secondary N) is 1. The van der Waals surface area contributed by atoms with Gasteiger partial charge in [0, 0.05) is 11.4 Å². The zero-order valence-corrected chi connectivity index (χ0v) is 13.9. The summed E-state index contributed by atoms with van der Waals surface area (Å²) in [7, 11) is -1.86. The molecule has 1 aromatic carbocycles. The molecule has 0 heterocycles. The van der Waals surface area contributed by atoms with Gasteiger partial charge in [0.15, 0.2) is 0 Å². The van der Waals surface area contributed by atoms with Crippen molar-refractivity contribution >= 4 is 26.0 Å². The second-order valence-electron chi connectivity index (χ2n) is 5.15. The van der Waals surface area contributed by atoms with Crippen LogP contribution in [-0.4, -0.2) is 26.9 Å². The van der Waals surface area contributed by atoms with E-state index in [2.05, 4.69) is 20.7 Å². The van der Waals surface area contributed by atoms with Crippen molar-refractivity contribution in [2.45, 2.75) is 35.4 Å². The molecule has 20 heavy (non-hydrogen) atoms. The smallest absolute Gasteiger partial charge is 0.240 e. The summed E-state index contributed by atoms with van der Waals surface area (Å²) in [6.45, 7) is 0.522. The Morgan fingerprint density at radius 2 is 1.80 bits per heavy atom. The van der Waals surface area contributed by atoms with Crippen LogP contribution in [0.3, 0.4) is 0 Å². The molecule has 0 saturated heterocycles. The maximum atomic E-state index is 12.2. The van der Waals surface area contributed by atoms with E-state index in [0.29, 0.717) is 23.0 Å². The van der Waals surface area contributed by atoms with Gasteiger partial charge < -0.3 is 4.74 Å². The minimum absolute atomic E-state index is 0.285. The van der Waals surface area contributed by atoms with E-state index in [1.807, 2.05) is 0 Å². The van der Waals surface area contributed by atoms with E-state index in [-0.39, 0.29) is 4.90 Å². The Kier molecular flexibility index (Phi) is 5.46. The lowest BCUT2D eigenvalue weighted by Gasteiger charge is -2.25. The van der Waals surface area contributed by atoms with Crippen molar-refractivity contribution in [1.82, 2.24) is 4.72 Å². The molecule has 1 N–H and O–H groups in total. The van der Waals surface area contributed by atoms with E-state index in [0.717, 1.165) is 25.7 Å². The highest BCUT2D eigenvalue weighted by atomic mass is 79.9. The number of sulfonamides is 1. The maximum absolute atomic E-state index is 12.2. The molecule has 0 aromatic heterocycles. The minimum Gasteiger partial charge on any atom is -0.497 e. The Hall–Kier alpha value is -0.590. The summed E-state index contributed by atoms with van der Waals surface area (Å²) < 4.78 is 32.1. The highest BCUT2D eigenvalue weighted by Crippen LogP contribution is 2.28. The van der Waals surface area contributed by atoms with Gasteiger partial charge in [-0.2, -0.15) is 0 Å². The highest BCUT2D eigenvalue weighted by molar-refractivity contribution is 9.09. The van der Waals surface area contributed by atoms with Gasteiger partial charge in [0.2, 0.25) is 10.0 Å². The number of alkyl halides is 1. The minimum atomic E-state index is -3.42. The van der Waals surface area contributed by atoms with Crippen LogP contribution in [0.5, 0.6) is 5.75 Å². The zero-order chi connectivity index (χ0) is 14.6. The first kappa shape index (κ1) is 15.8. The fourth-order valence-electron chi connectivity index (χ4n) is 2.39. The molecule has 4 nitrogen and oxygen atoms in total. The summed E-state index contributed by atoms with van der Waals surface area (Å²) in [4.78, 5) is 0.879. The molecular weight excluding hydrogens is 342 g/mol. The van der Waals surface area contributed by atoms with Crippen LogP contribution in [0, 0.1) is 5.92 Å². The molecule has 0 spiro atoms. The molecule has 0 aliphatic heterocycles. The van der Waals surface area contributed by atoms with Crippen LogP contribution < -0.4 is 9.46 Å². The normalized spacial score (nSPS) is 23.5. The largest absolute Gasteiger partial charge is 0.497 e. The van der Waals surface area contributed by atoms with Crippen LogP contribution in [0.4, 0.5) is 0 Å². The van der Waals surface area contributed by atoms with Gasteiger partial charge in [0.1, 0.15) is 5.75 Å². The quantitative estimate of drug-likeness (QED) is 0.820. The molecule has 0 radical (unpaired) electrons. The predicted octanol–water partition coefficient (Wildman–Crippen LogP) is 2.93. The average molecular weight is 362 g/mol. The number of rotatable bonds is 5. The Morgan fingerprint density at radius 3 is 2.35 bits per heavy atom. The van der Waals surface area contributed by atoms with E-state index < -0.39 is 10.0 Å². The molecule has 2 rings (SSSR count). The van der Waals surface area contributed by atoms with Crippen molar-refractivity contribution in [3.63, 3.8) is 0 Å². The number of benzene rings is 1. The van der Waals surface area contributed by atoms with Gasteiger partial charge in [0.25, 0.3) is 0 Å². The first-order valence-electron chi connectivity index (χ1n) is 6.79. The second-order valence-corrected chi connectivity index (χ2v) is 8.21. The summed E-state index contributed by atoms with van der Waals surface area (Å²) in [6, 6.07) is 6.45. The van der Waals surface area contributed by atoms with Gasteiger partial charge in [-0.25, -0.2) is 13.1 Å². The van der Waals surface area contributed by atoms with Gasteiger partial charge in [-0.15, -0.1) is 0 Å². The SMILES string of the molecule is COc1ccc(S(=O)(=O)NCC2CCC(Br)CC2)cc1. The van der Waals surface area contributed by atoms with Crippen molar-refractivity contribution in [2.24, 2.45) is 5.92 Å². The third kappa shape index (κ3) is 4.20. The summed E-state index contributed by atoms with van der Waals surface area (Å²) in [5.41, 5.74) is 0. The van der Waals surface area contributed by atoms with Crippen molar-refractivity contribution in [3.8, 4) is 5.75 Å². The Labute approximate surface area is 129 Å². The molecule has 1 fully saturated rings. The number of hydrogen-bond donors (Lipinski definition) is 1. The fraction of sp³-hybridized carbons (Fsp3) is 0.571. The van der Waals surface area contributed by atoms with Crippen LogP contribution in [0.15, 0.2) is 29.2 Å². The van der Waals surface area contributed by atoms with E-state index in [1.54, 1.807) is 31.4 Å². The molecule has 0 bridgehead atoms. The molecule has 112 valence electrons. The van der Waals surface area contributed by atoms with Crippen LogP contribution in [0.1, 0.15) is 25.7 Å². The van der Waals surface area contributed by atoms with Gasteiger partial charge in [0.05, 0.1) is 12.0 Å². The third-order valence-electron chi connectivity index (χ3n) is 3.71. The predicted molar refractivity (Wildman–Crippen MR) is 82.9 cm³/mol. The first-order valence-corrected chi connectivity index (χ1v) is 9.19. The lowest BCUT2D eigenvalue weighted by atomic mass is 9.89. The second kappa shape index (κ2) is 6.91. The van der Waals surface area contributed by atoms with Crippen molar-refractivity contribution in [1.29, 1.82) is 0 Å². The van der Waals surface area contributed by atoms with Gasteiger partial charge >= 0.3 is 0 Å². The molecule has 0 amide bonds. The lowest BCUT2D eigenvalue weighted by Crippen LogP contribution is -2.31. The van der Waals surface area contributed by atoms with Crippen molar-refractivity contribution < 1.29 is 13.2 Å². The van der Waals surface area contributed by atoms with Crippen LogP contribution in [0.25, 0.3) is 0 Å². The number of methoxy groups -OCH3 is 1. The summed E-state index contributed by atoms with van der Waals surface area (Å²) in [5, 5.41) is 0. The molecule has 0 unspecified atom stereocenters. The van der Waals surface area contributed by atoms with E-state index in [1.165, 1.54) is 0 Å². The van der Waals surface area contributed by atoms with Gasteiger partial charge in [-0.05, 0) is 55.9 Å². The Morgan fingerprint density at radius 1 is 1.20 bits per heavy atom. The van der Waals surface area contributed by atoms with Crippen LogP contribution in [0.2, 0.25) is 0 Å². The Balaban J connectivity index is 1.93. The van der Waals surface area contributed by atoms with E-state index >= 15 is 0 Å². The zero-order valence-electron chi connectivity index (χ0n) is 11.5. The molecule has 0 atom stereocenters. The molecule has 1 aliphatic carbocycles. The van der Waals surface area contributed by atoms with Crippen LogP contribution >= 0.6 is 15.9 Å². The molecule has 1 aromatic rings. The fourth-order valence-corrected chi connectivity index (χ4v) is 4.04. The molecule has 1 saturated carbocycles. The van der Waals surface area contributed by atoms with Crippen molar-refractivity contribution in [2.75, 3.05) is 13.7 Å². The Bertz CT molecular complexity index is 522. The van der Waals surface area contributed by atoms with Crippen molar-refractivity contribution in [3.05, 3.63) is 24.3 Å². The number of halogens is 1. The molecule has 1 aliphatic rings. The summed E-state index contributed by atoms with van der Waals surface area (Å²) >= 11 is 3.61. The maximum Gasteiger partial charge on any atom is 0.240 e. The molecular formula is C14H20BrNO3S. The van der Waals surface area contributed by atoms with E-state index in [9.17, 15) is 8.42 Å².